The van der Waals surface area contributed by atoms with E-state index in [9.17, 15) is 5.26 Å². The van der Waals surface area contributed by atoms with Crippen molar-refractivity contribution in [3.8, 4) is 6.07 Å². The summed E-state index contributed by atoms with van der Waals surface area (Å²) >= 11 is 0. The highest BCUT2D eigenvalue weighted by Crippen LogP contribution is 2.19. The fraction of sp³-hybridized carbons (Fsp3) is 0.588. The molecule has 1 N–H and O–H groups in total. The lowest BCUT2D eigenvalue weighted by Crippen LogP contribution is -2.41. The Morgan fingerprint density at radius 2 is 2.10 bits per heavy atom. The van der Waals surface area contributed by atoms with E-state index in [1.807, 2.05) is 7.05 Å². The lowest BCUT2D eigenvalue weighted by molar-refractivity contribution is 0.393. The first-order valence-electron chi connectivity index (χ1n) is 7.52. The largest absolute Gasteiger partial charge is 0.372 e. The van der Waals surface area contributed by atoms with E-state index < -0.39 is 0 Å². The van der Waals surface area contributed by atoms with Gasteiger partial charge < -0.3 is 10.2 Å². The minimum atomic E-state index is -0.369. The summed E-state index contributed by atoms with van der Waals surface area (Å²) in [6, 6.07) is 11.0. The second kappa shape index (κ2) is 7.91. The maximum absolute atomic E-state index is 9.33. The molecule has 0 spiro atoms. The Bertz CT molecular complexity index is 444. The molecule has 0 fully saturated rings. The van der Waals surface area contributed by atoms with E-state index in [0.29, 0.717) is 0 Å². The van der Waals surface area contributed by atoms with Crippen LogP contribution in [-0.4, -0.2) is 25.7 Å². The number of anilines is 1. The van der Waals surface area contributed by atoms with Gasteiger partial charge in [-0.3, -0.25) is 0 Å². The summed E-state index contributed by atoms with van der Waals surface area (Å²) in [5, 5.41) is 12.5. The molecule has 3 nitrogen and oxygen atoms in total. The standard InChI is InChI=1S/C17H27N3/c1-5-17(14-18,19-4)11-8-12-20(6-2)16-10-7-9-15(3)13-16/h7,9-10,13,19H,5-6,8,11-12H2,1-4H3. The van der Waals surface area contributed by atoms with Gasteiger partial charge in [0.15, 0.2) is 0 Å². The van der Waals surface area contributed by atoms with Crippen LogP contribution in [0.3, 0.4) is 0 Å². The molecule has 1 aromatic carbocycles. The van der Waals surface area contributed by atoms with Crippen molar-refractivity contribution in [3.63, 3.8) is 0 Å². The average Bonchev–Trinajstić information content (AvgIpc) is 2.48. The highest BCUT2D eigenvalue weighted by atomic mass is 15.1. The van der Waals surface area contributed by atoms with Gasteiger partial charge in [0.2, 0.25) is 0 Å². The summed E-state index contributed by atoms with van der Waals surface area (Å²) in [6.07, 6.45) is 2.75. The fourth-order valence-electron chi connectivity index (χ4n) is 2.54. The van der Waals surface area contributed by atoms with Crippen LogP contribution in [0.1, 0.15) is 38.7 Å². The summed E-state index contributed by atoms with van der Waals surface area (Å²) in [6.45, 7) is 8.35. The number of nitrogens with zero attached hydrogens (tertiary/aromatic N) is 2. The molecule has 0 aliphatic heterocycles. The summed E-state index contributed by atoms with van der Waals surface area (Å²) in [5.41, 5.74) is 2.19. The molecular weight excluding hydrogens is 246 g/mol. The number of hydrogen-bond donors (Lipinski definition) is 1. The van der Waals surface area contributed by atoms with Gasteiger partial charge in [-0.25, -0.2) is 0 Å². The first-order chi connectivity index (χ1) is 9.60. The molecule has 0 saturated carbocycles. The molecule has 0 heterocycles. The third-order valence-electron chi connectivity index (χ3n) is 4.08. The summed E-state index contributed by atoms with van der Waals surface area (Å²) < 4.78 is 0. The van der Waals surface area contributed by atoms with Crippen LogP contribution in [0.5, 0.6) is 0 Å². The molecule has 0 amide bonds. The average molecular weight is 273 g/mol. The van der Waals surface area contributed by atoms with Crippen LogP contribution < -0.4 is 10.2 Å². The zero-order valence-corrected chi connectivity index (χ0v) is 13.2. The van der Waals surface area contributed by atoms with E-state index in [2.05, 4.69) is 61.3 Å². The van der Waals surface area contributed by atoms with Crippen LogP contribution in [0.25, 0.3) is 0 Å². The first-order valence-corrected chi connectivity index (χ1v) is 7.52. The Balaban J connectivity index is 2.61. The molecule has 0 bridgehead atoms. The number of nitriles is 1. The maximum atomic E-state index is 9.33. The maximum Gasteiger partial charge on any atom is 0.106 e. The van der Waals surface area contributed by atoms with E-state index in [-0.39, 0.29) is 5.54 Å². The van der Waals surface area contributed by atoms with Crippen LogP contribution in [-0.2, 0) is 0 Å². The predicted octanol–water partition coefficient (Wildman–Crippen LogP) is 3.49. The minimum absolute atomic E-state index is 0.369. The van der Waals surface area contributed by atoms with E-state index in [1.165, 1.54) is 11.3 Å². The number of aryl methyl sites for hydroxylation is 1. The van der Waals surface area contributed by atoms with E-state index in [1.54, 1.807) is 0 Å². The smallest absolute Gasteiger partial charge is 0.106 e. The van der Waals surface area contributed by atoms with Crippen LogP contribution in [0.15, 0.2) is 24.3 Å². The second-order valence-corrected chi connectivity index (χ2v) is 5.32. The van der Waals surface area contributed by atoms with E-state index >= 15 is 0 Å². The molecule has 1 atom stereocenters. The Morgan fingerprint density at radius 1 is 1.35 bits per heavy atom. The van der Waals surface area contributed by atoms with Crippen molar-refractivity contribution in [2.75, 3.05) is 25.0 Å². The molecule has 0 saturated heterocycles. The fourth-order valence-corrected chi connectivity index (χ4v) is 2.54. The molecule has 1 unspecified atom stereocenters. The molecule has 0 radical (unpaired) electrons. The molecule has 110 valence electrons. The molecule has 0 aliphatic rings. The normalized spacial score (nSPS) is 13.6. The van der Waals surface area contributed by atoms with Gasteiger partial charge in [-0.05, 0) is 57.9 Å². The van der Waals surface area contributed by atoms with Crippen LogP contribution in [0.2, 0.25) is 0 Å². The van der Waals surface area contributed by atoms with Gasteiger partial charge in [0.1, 0.15) is 5.54 Å². The Morgan fingerprint density at radius 3 is 2.60 bits per heavy atom. The highest BCUT2D eigenvalue weighted by Gasteiger charge is 2.25. The number of rotatable bonds is 8. The zero-order chi connectivity index (χ0) is 15.0. The predicted molar refractivity (Wildman–Crippen MR) is 86.0 cm³/mol. The van der Waals surface area contributed by atoms with E-state index in [4.69, 9.17) is 0 Å². The first kappa shape index (κ1) is 16.5. The lowest BCUT2D eigenvalue weighted by Gasteiger charge is -2.28. The van der Waals surface area contributed by atoms with Gasteiger partial charge in [-0.15, -0.1) is 0 Å². The van der Waals surface area contributed by atoms with Gasteiger partial charge in [0.05, 0.1) is 6.07 Å². The molecule has 1 rings (SSSR count). The summed E-state index contributed by atoms with van der Waals surface area (Å²) in [5.74, 6) is 0. The topological polar surface area (TPSA) is 39.1 Å². The second-order valence-electron chi connectivity index (χ2n) is 5.32. The molecular formula is C17H27N3. The Hall–Kier alpha value is -1.53. The third-order valence-corrected chi connectivity index (χ3v) is 4.08. The molecule has 0 aromatic heterocycles. The van der Waals surface area contributed by atoms with Gasteiger partial charge in [0, 0.05) is 18.8 Å². The minimum Gasteiger partial charge on any atom is -0.372 e. The number of nitrogens with one attached hydrogen (secondary N) is 1. The number of benzene rings is 1. The Kier molecular flexibility index (Phi) is 6.54. The van der Waals surface area contributed by atoms with Crippen LogP contribution >= 0.6 is 0 Å². The van der Waals surface area contributed by atoms with Gasteiger partial charge in [-0.1, -0.05) is 19.1 Å². The van der Waals surface area contributed by atoms with Gasteiger partial charge in [-0.2, -0.15) is 5.26 Å². The Labute approximate surface area is 123 Å². The molecule has 0 aliphatic carbocycles. The quantitative estimate of drug-likeness (QED) is 0.788. The van der Waals surface area contributed by atoms with Crippen molar-refractivity contribution in [1.82, 2.24) is 5.32 Å². The van der Waals surface area contributed by atoms with Crippen molar-refractivity contribution >= 4 is 5.69 Å². The highest BCUT2D eigenvalue weighted by molar-refractivity contribution is 5.48. The zero-order valence-electron chi connectivity index (χ0n) is 13.2. The molecule has 1 aromatic rings. The SMILES string of the molecule is CCN(CCCC(C#N)(CC)NC)c1cccc(C)c1. The molecule has 3 heteroatoms. The van der Waals surface area contributed by atoms with Crippen molar-refractivity contribution in [2.45, 2.75) is 45.6 Å². The van der Waals surface area contributed by atoms with Crippen molar-refractivity contribution in [2.24, 2.45) is 0 Å². The summed E-state index contributed by atoms with van der Waals surface area (Å²) in [7, 11) is 1.88. The third kappa shape index (κ3) is 4.25. The van der Waals surface area contributed by atoms with Crippen LogP contribution in [0.4, 0.5) is 5.69 Å². The summed E-state index contributed by atoms with van der Waals surface area (Å²) in [4.78, 5) is 2.38. The molecule has 20 heavy (non-hydrogen) atoms. The number of hydrogen-bond acceptors (Lipinski definition) is 3. The van der Waals surface area contributed by atoms with Gasteiger partial charge >= 0.3 is 0 Å². The van der Waals surface area contributed by atoms with Gasteiger partial charge in [0.25, 0.3) is 0 Å². The van der Waals surface area contributed by atoms with Crippen molar-refractivity contribution in [3.05, 3.63) is 29.8 Å². The monoisotopic (exact) mass is 273 g/mol. The van der Waals surface area contributed by atoms with E-state index in [0.717, 1.165) is 32.4 Å². The van der Waals surface area contributed by atoms with Crippen molar-refractivity contribution in [1.29, 1.82) is 5.26 Å². The van der Waals surface area contributed by atoms with Crippen LogP contribution in [0, 0.1) is 18.3 Å². The lowest BCUT2D eigenvalue weighted by atomic mass is 9.92. The van der Waals surface area contributed by atoms with Crippen molar-refractivity contribution < 1.29 is 0 Å².